The fraction of sp³-hybridized carbons (Fsp3) is 0.600. The normalized spacial score (nSPS) is 9.15. The third-order valence-corrected chi connectivity index (χ3v) is 8.36. The molecule has 0 atom stereocenters. The van der Waals surface area contributed by atoms with Crippen LogP contribution in [0, 0.1) is 0 Å². The van der Waals surface area contributed by atoms with Crippen LogP contribution in [0.4, 0.5) is 0 Å². The number of hydrogen-bond acceptors (Lipinski definition) is 7. The number of aromatic nitrogens is 9. The number of alkyl halides is 1. The van der Waals surface area contributed by atoms with E-state index in [0.717, 1.165) is 18.4 Å². The van der Waals surface area contributed by atoms with E-state index in [1.165, 1.54) is 24.4 Å². The maximum absolute atomic E-state index is 3.89. The summed E-state index contributed by atoms with van der Waals surface area (Å²) >= 11 is 21.1. The molecule has 1 N–H and O–H groups in total. The molecule has 187 valence electrons. The first-order chi connectivity index (χ1) is 15.1. The second kappa shape index (κ2) is 23.5. The smallest absolute Gasteiger partial charge is 0.162 e. The van der Waals surface area contributed by atoms with Crippen molar-refractivity contribution in [3.63, 3.8) is 0 Å². The highest BCUT2D eigenvalue weighted by atomic mass is 127. The number of aromatic amines is 1. The predicted molar refractivity (Wildman–Crippen MR) is 164 cm³/mol. The zero-order valence-electron chi connectivity index (χ0n) is 18.9. The van der Waals surface area contributed by atoms with Gasteiger partial charge in [0.1, 0.15) is 4.60 Å². The summed E-state index contributed by atoms with van der Waals surface area (Å²) in [6.45, 7) is 10.1. The molecule has 3 aromatic rings. The maximum Gasteiger partial charge on any atom is 0.162 e. The SMILES string of the molecule is Brc1n[nH]nc1Br.CCN(CC)CC.CI.Cn1nc(Br)c(Br)n1.Cn1nnc(Br)c1Br.[B]. The summed E-state index contributed by atoms with van der Waals surface area (Å²) < 4.78 is 6.10. The van der Waals surface area contributed by atoms with E-state index in [0.29, 0.717) is 9.21 Å². The monoisotopic (exact) mass is 957 g/mol. The Morgan fingerprint density at radius 2 is 1.15 bits per heavy atom. The molecule has 10 nitrogen and oxygen atoms in total. The molecular formula is C15H25BBr6IN10. The average molecular weight is 963 g/mol. The topological polar surface area (TPSA) is 106 Å². The lowest BCUT2D eigenvalue weighted by Gasteiger charge is -2.13. The minimum absolute atomic E-state index is 0. The number of aryl methyl sites for hydroxylation is 2. The number of hydrogen-bond donors (Lipinski definition) is 1. The van der Waals surface area contributed by atoms with Crippen molar-refractivity contribution >= 4 is 127 Å². The zero-order valence-corrected chi connectivity index (χ0v) is 30.5. The maximum atomic E-state index is 3.89. The van der Waals surface area contributed by atoms with Gasteiger partial charge >= 0.3 is 0 Å². The molecule has 3 radical (unpaired) electrons. The third-order valence-electron chi connectivity index (χ3n) is 3.16. The molecule has 0 unspecified atom stereocenters. The Kier molecular flexibility index (Phi) is 27.4. The Bertz CT molecular complexity index is 797. The molecule has 0 amide bonds. The molecule has 0 aliphatic carbocycles. The zero-order chi connectivity index (χ0) is 25.3. The highest BCUT2D eigenvalue weighted by molar-refractivity contribution is 14.1. The van der Waals surface area contributed by atoms with Crippen LogP contribution in [-0.4, -0.2) is 83.3 Å². The first kappa shape index (κ1) is 38.6. The van der Waals surface area contributed by atoms with E-state index in [2.05, 4.69) is 180 Å². The van der Waals surface area contributed by atoms with Crippen molar-refractivity contribution in [3.8, 4) is 0 Å². The molecule has 0 saturated carbocycles. The van der Waals surface area contributed by atoms with Gasteiger partial charge in [0, 0.05) is 22.5 Å². The quantitative estimate of drug-likeness (QED) is 0.195. The van der Waals surface area contributed by atoms with Crippen molar-refractivity contribution in [1.29, 1.82) is 0 Å². The van der Waals surface area contributed by atoms with E-state index in [-0.39, 0.29) is 8.41 Å². The molecule has 3 rings (SSSR count). The predicted octanol–water partition coefficient (Wildman–Crippen LogP) is 6.03. The van der Waals surface area contributed by atoms with Crippen LogP contribution in [0.2, 0.25) is 0 Å². The molecule has 0 saturated heterocycles. The van der Waals surface area contributed by atoms with Gasteiger partial charge in [-0.15, -0.1) is 25.5 Å². The molecule has 33 heavy (non-hydrogen) atoms. The van der Waals surface area contributed by atoms with Crippen molar-refractivity contribution in [2.75, 3.05) is 24.6 Å². The second-order valence-corrected chi connectivity index (χ2v) is 9.60. The molecule has 0 fully saturated rings. The average Bonchev–Trinajstić information content (AvgIpc) is 3.40. The molecule has 0 bridgehead atoms. The minimum Gasteiger partial charge on any atom is -0.304 e. The van der Waals surface area contributed by atoms with E-state index in [1.807, 2.05) is 12.0 Å². The van der Waals surface area contributed by atoms with E-state index in [4.69, 9.17) is 0 Å². The van der Waals surface area contributed by atoms with Crippen LogP contribution in [0.5, 0.6) is 0 Å². The van der Waals surface area contributed by atoms with Crippen LogP contribution in [-0.2, 0) is 14.1 Å². The Labute approximate surface area is 261 Å². The van der Waals surface area contributed by atoms with Crippen LogP contribution >= 0.6 is 118 Å². The summed E-state index contributed by atoms with van der Waals surface area (Å²) in [4.78, 5) is 5.83. The number of nitrogens with zero attached hydrogens (tertiary/aromatic N) is 9. The first-order valence-corrected chi connectivity index (χ1v) is 15.7. The molecule has 0 spiro atoms. The number of nitrogens with one attached hydrogen (secondary N) is 1. The van der Waals surface area contributed by atoms with Gasteiger partial charge < -0.3 is 4.90 Å². The Hall–Kier alpha value is 1.05. The Balaban J connectivity index is -0.000000352. The van der Waals surface area contributed by atoms with Gasteiger partial charge in [-0.25, -0.2) is 4.68 Å². The van der Waals surface area contributed by atoms with Crippen molar-refractivity contribution in [3.05, 3.63) is 27.6 Å². The lowest BCUT2D eigenvalue weighted by Crippen LogP contribution is -2.21. The van der Waals surface area contributed by atoms with Crippen molar-refractivity contribution in [2.45, 2.75) is 20.8 Å². The molecular weight excluding hydrogens is 937 g/mol. The summed E-state index contributed by atoms with van der Waals surface area (Å²) in [6, 6.07) is 0. The largest absolute Gasteiger partial charge is 0.304 e. The number of halogens is 7. The highest BCUT2D eigenvalue weighted by Gasteiger charge is 2.00. The number of rotatable bonds is 3. The van der Waals surface area contributed by atoms with Crippen LogP contribution in [0.15, 0.2) is 27.6 Å². The standard InChI is InChI=1S/C6H15N.2C3H3Br2N3.C2HBr2N3.CH3I.B/c1-4-7(5-2)6-3;1-8-3(5)2(4)6-7-8;1-8-6-2(4)3(5)7-8;3-1-2(4)6-7-5-1;1-2;/h4-6H2,1-3H3;2*1H3;(H,5,6,7);1H3;. The van der Waals surface area contributed by atoms with Crippen molar-refractivity contribution < 1.29 is 0 Å². The van der Waals surface area contributed by atoms with Gasteiger partial charge in [-0.3, -0.25) is 0 Å². The summed E-state index contributed by atoms with van der Waals surface area (Å²) in [5.74, 6) is 0. The van der Waals surface area contributed by atoms with E-state index in [9.17, 15) is 0 Å². The summed E-state index contributed by atoms with van der Waals surface area (Å²) in [7, 11) is 3.57. The van der Waals surface area contributed by atoms with Gasteiger partial charge in [0.05, 0.1) is 0 Å². The first-order valence-electron chi connectivity index (χ1n) is 8.82. The minimum atomic E-state index is 0. The molecule has 0 aliphatic rings. The van der Waals surface area contributed by atoms with Gasteiger partial charge in [-0.05, 0) is 120 Å². The fourth-order valence-corrected chi connectivity index (χ4v) is 2.99. The Morgan fingerprint density at radius 1 is 0.758 bits per heavy atom. The number of H-pyrrole nitrogens is 1. The lowest BCUT2D eigenvalue weighted by molar-refractivity contribution is 0.321. The van der Waals surface area contributed by atoms with Gasteiger partial charge in [-0.2, -0.15) is 10.0 Å². The molecule has 3 aromatic heterocycles. The third kappa shape index (κ3) is 18.0. The van der Waals surface area contributed by atoms with E-state index in [1.54, 1.807) is 11.7 Å². The summed E-state index contributed by atoms with van der Waals surface area (Å²) in [5, 5.41) is 24.9. The van der Waals surface area contributed by atoms with Gasteiger partial charge in [0.15, 0.2) is 23.0 Å². The molecule has 3 heterocycles. The molecule has 18 heteroatoms. The Morgan fingerprint density at radius 3 is 1.24 bits per heavy atom. The molecule has 0 aromatic carbocycles. The second-order valence-electron chi connectivity index (χ2n) is 5.09. The van der Waals surface area contributed by atoms with E-state index >= 15 is 0 Å². The highest BCUT2D eigenvalue weighted by Crippen LogP contribution is 2.17. The van der Waals surface area contributed by atoms with Gasteiger partial charge in [-0.1, -0.05) is 48.6 Å². The summed E-state index contributed by atoms with van der Waals surface area (Å²) in [5.41, 5.74) is 0. The van der Waals surface area contributed by atoms with Crippen LogP contribution in [0.3, 0.4) is 0 Å². The van der Waals surface area contributed by atoms with Crippen molar-refractivity contribution in [1.82, 2.24) is 50.3 Å². The van der Waals surface area contributed by atoms with Gasteiger partial charge in [0.25, 0.3) is 0 Å². The molecule has 0 aliphatic heterocycles. The van der Waals surface area contributed by atoms with E-state index < -0.39 is 0 Å². The van der Waals surface area contributed by atoms with Crippen molar-refractivity contribution in [2.24, 2.45) is 14.1 Å². The van der Waals surface area contributed by atoms with Crippen LogP contribution < -0.4 is 0 Å². The van der Waals surface area contributed by atoms with Gasteiger partial charge in [0.2, 0.25) is 0 Å². The fourth-order valence-electron chi connectivity index (χ4n) is 1.56. The van der Waals surface area contributed by atoms with Crippen LogP contribution in [0.25, 0.3) is 0 Å². The van der Waals surface area contributed by atoms with Crippen LogP contribution in [0.1, 0.15) is 20.8 Å². The lowest BCUT2D eigenvalue weighted by atomic mass is 10.5. The summed E-state index contributed by atoms with van der Waals surface area (Å²) in [6.07, 6.45) is 0.